The highest BCUT2D eigenvalue weighted by atomic mass is 16.2. The Kier molecular flexibility index (Phi) is 2.98. The maximum Gasteiger partial charge on any atom is 0.238 e. The van der Waals surface area contributed by atoms with Gasteiger partial charge in [0.1, 0.15) is 12.2 Å². The van der Waals surface area contributed by atoms with Crippen molar-refractivity contribution < 1.29 is 4.79 Å². The molecule has 0 saturated heterocycles. The van der Waals surface area contributed by atoms with Crippen LogP contribution in [-0.2, 0) is 11.2 Å². The molecule has 23 heavy (non-hydrogen) atoms. The molecule has 0 bridgehead atoms. The van der Waals surface area contributed by atoms with Crippen molar-refractivity contribution in [2.24, 2.45) is 0 Å². The molecule has 0 radical (unpaired) electrons. The van der Waals surface area contributed by atoms with Crippen molar-refractivity contribution in [3.8, 4) is 0 Å². The molecule has 5 nitrogen and oxygen atoms in total. The first-order chi connectivity index (χ1) is 11.1. The number of hydrogen-bond acceptors (Lipinski definition) is 3. The van der Waals surface area contributed by atoms with Crippen molar-refractivity contribution in [2.45, 2.75) is 33.1 Å². The van der Waals surface area contributed by atoms with E-state index >= 15 is 0 Å². The molecule has 0 aliphatic carbocycles. The lowest BCUT2D eigenvalue weighted by atomic mass is 9.93. The second-order valence-electron chi connectivity index (χ2n) is 6.07. The van der Waals surface area contributed by atoms with Crippen LogP contribution in [0.15, 0.2) is 30.7 Å². The lowest BCUT2D eigenvalue weighted by molar-refractivity contribution is -0.116. The van der Waals surface area contributed by atoms with Gasteiger partial charge in [0, 0.05) is 11.9 Å². The van der Waals surface area contributed by atoms with Crippen LogP contribution in [0.25, 0.3) is 5.52 Å². The van der Waals surface area contributed by atoms with Crippen LogP contribution in [0.3, 0.4) is 0 Å². The summed E-state index contributed by atoms with van der Waals surface area (Å²) in [4.78, 5) is 17.1. The number of nitrogens with one attached hydrogen (secondary N) is 1. The Labute approximate surface area is 134 Å². The molecule has 5 heteroatoms. The molecule has 0 saturated carbocycles. The Bertz CT molecular complexity index is 942. The van der Waals surface area contributed by atoms with Gasteiger partial charge in [-0.1, -0.05) is 19.1 Å². The number of fused-ring (bicyclic) bond motifs is 2. The van der Waals surface area contributed by atoms with Crippen LogP contribution in [0.5, 0.6) is 0 Å². The number of hydrogen-bond donors (Lipinski definition) is 1. The lowest BCUT2D eigenvalue weighted by Crippen LogP contribution is -2.16. The third-order valence-electron chi connectivity index (χ3n) is 4.74. The van der Waals surface area contributed by atoms with Gasteiger partial charge in [0.2, 0.25) is 5.91 Å². The van der Waals surface area contributed by atoms with Crippen molar-refractivity contribution >= 4 is 17.1 Å². The fraction of sp³-hybridized carbons (Fsp3) is 0.278. The fourth-order valence-corrected chi connectivity index (χ4v) is 3.32. The summed E-state index contributed by atoms with van der Waals surface area (Å²) < 4.78 is 1.82. The summed E-state index contributed by atoms with van der Waals surface area (Å²) in [5.41, 5.74) is 7.08. The summed E-state index contributed by atoms with van der Waals surface area (Å²) in [5.74, 6) is -0.401. The van der Waals surface area contributed by atoms with Gasteiger partial charge in [0.05, 0.1) is 11.2 Å². The highest BCUT2D eigenvalue weighted by Gasteiger charge is 2.35. The molecule has 2 aromatic heterocycles. The van der Waals surface area contributed by atoms with E-state index in [1.807, 2.05) is 30.6 Å². The van der Waals surface area contributed by atoms with E-state index in [0.717, 1.165) is 40.0 Å². The first kappa shape index (κ1) is 13.9. The zero-order chi connectivity index (χ0) is 16.1. The van der Waals surface area contributed by atoms with E-state index in [0.29, 0.717) is 0 Å². The van der Waals surface area contributed by atoms with Crippen LogP contribution < -0.4 is 5.32 Å². The number of carbonyl (C=O) groups is 1. The molecule has 0 spiro atoms. The van der Waals surface area contributed by atoms with E-state index in [1.54, 1.807) is 0 Å². The normalized spacial score (nSPS) is 16.7. The third kappa shape index (κ3) is 1.96. The van der Waals surface area contributed by atoms with Gasteiger partial charge < -0.3 is 5.32 Å². The molecular weight excluding hydrogens is 288 g/mol. The quantitative estimate of drug-likeness (QED) is 0.792. The van der Waals surface area contributed by atoms with Crippen molar-refractivity contribution in [1.29, 1.82) is 0 Å². The van der Waals surface area contributed by atoms with Crippen molar-refractivity contribution in [1.82, 2.24) is 14.6 Å². The largest absolute Gasteiger partial charge is 0.325 e. The topological polar surface area (TPSA) is 59.3 Å². The number of aromatic nitrogens is 3. The number of amides is 1. The van der Waals surface area contributed by atoms with E-state index in [4.69, 9.17) is 0 Å². The number of nitrogens with zero attached hydrogens (tertiary/aromatic N) is 3. The van der Waals surface area contributed by atoms with Gasteiger partial charge in [-0.3, -0.25) is 4.79 Å². The van der Waals surface area contributed by atoms with Gasteiger partial charge in [-0.2, -0.15) is 5.10 Å². The molecule has 1 atom stereocenters. The molecule has 0 fully saturated rings. The molecule has 3 heterocycles. The fourth-order valence-electron chi connectivity index (χ4n) is 3.32. The van der Waals surface area contributed by atoms with Gasteiger partial charge in [-0.05, 0) is 48.6 Å². The molecule has 116 valence electrons. The zero-order valence-corrected chi connectivity index (χ0v) is 13.4. The van der Waals surface area contributed by atoms with Crippen LogP contribution in [-0.4, -0.2) is 20.5 Å². The monoisotopic (exact) mass is 306 g/mol. The predicted molar refractivity (Wildman–Crippen MR) is 88.8 cm³/mol. The first-order valence-electron chi connectivity index (χ1n) is 7.83. The minimum atomic E-state index is -0.380. The number of carbonyl (C=O) groups excluding carboxylic acids is 1. The second-order valence-corrected chi connectivity index (χ2v) is 6.07. The van der Waals surface area contributed by atoms with Gasteiger partial charge in [-0.15, -0.1) is 0 Å². The average Bonchev–Trinajstić information content (AvgIpc) is 3.03. The molecule has 1 amide bonds. The number of anilines is 1. The number of benzene rings is 1. The van der Waals surface area contributed by atoms with E-state index < -0.39 is 0 Å². The maximum absolute atomic E-state index is 12.6. The molecule has 3 aromatic rings. The Morgan fingerprint density at radius 2 is 2.13 bits per heavy atom. The Balaban J connectivity index is 1.97. The summed E-state index contributed by atoms with van der Waals surface area (Å²) in [6.45, 7) is 6.21. The van der Waals surface area contributed by atoms with Crippen LogP contribution in [0.1, 0.15) is 40.8 Å². The van der Waals surface area contributed by atoms with Crippen LogP contribution in [0, 0.1) is 13.8 Å². The predicted octanol–water partition coefficient (Wildman–Crippen LogP) is 2.99. The van der Waals surface area contributed by atoms with Gasteiger partial charge in [0.15, 0.2) is 0 Å². The summed E-state index contributed by atoms with van der Waals surface area (Å²) in [7, 11) is 0. The van der Waals surface area contributed by atoms with Crippen molar-refractivity contribution in [3.05, 3.63) is 58.7 Å². The number of aryl methyl sites for hydroxylation is 3. The Morgan fingerprint density at radius 3 is 2.91 bits per heavy atom. The maximum atomic E-state index is 12.6. The van der Waals surface area contributed by atoms with Crippen molar-refractivity contribution in [3.63, 3.8) is 0 Å². The standard InChI is InChI=1S/C18H18N4O/c1-4-12-5-6-14-13(7-12)15(18(23)21-14)16-17-11(3)10(2)8-22(17)20-9-19-16/h5-9,15H,4H2,1-3H3,(H,21,23). The second kappa shape index (κ2) is 4.91. The molecule has 1 unspecified atom stereocenters. The van der Waals surface area contributed by atoms with E-state index in [9.17, 15) is 4.79 Å². The smallest absolute Gasteiger partial charge is 0.238 e. The molecule has 1 aliphatic rings. The lowest BCUT2D eigenvalue weighted by Gasteiger charge is -2.11. The van der Waals surface area contributed by atoms with Crippen molar-refractivity contribution in [2.75, 3.05) is 5.32 Å². The highest BCUT2D eigenvalue weighted by Crippen LogP contribution is 2.39. The van der Waals surface area contributed by atoms with E-state index in [-0.39, 0.29) is 11.8 Å². The minimum Gasteiger partial charge on any atom is -0.325 e. The van der Waals surface area contributed by atoms with E-state index in [2.05, 4.69) is 34.5 Å². The third-order valence-corrected chi connectivity index (χ3v) is 4.74. The minimum absolute atomic E-state index is 0.0212. The summed E-state index contributed by atoms with van der Waals surface area (Å²) in [6, 6.07) is 6.16. The van der Waals surface area contributed by atoms with Crippen LogP contribution >= 0.6 is 0 Å². The summed E-state index contributed by atoms with van der Waals surface area (Å²) in [6.07, 6.45) is 4.44. The highest BCUT2D eigenvalue weighted by molar-refractivity contribution is 6.05. The van der Waals surface area contributed by atoms with Gasteiger partial charge in [0.25, 0.3) is 0 Å². The molecule has 1 N–H and O–H groups in total. The zero-order valence-electron chi connectivity index (χ0n) is 13.4. The number of rotatable bonds is 2. The molecule has 1 aromatic carbocycles. The molecular formula is C18H18N4O. The SMILES string of the molecule is CCc1ccc2c(c1)C(c1ncnn3cc(C)c(C)c13)C(=O)N2. The van der Waals surface area contributed by atoms with Gasteiger partial charge in [-0.25, -0.2) is 9.50 Å². The van der Waals surface area contributed by atoms with Gasteiger partial charge >= 0.3 is 0 Å². The van der Waals surface area contributed by atoms with E-state index in [1.165, 1.54) is 11.9 Å². The Hall–Kier alpha value is -2.69. The van der Waals surface area contributed by atoms with Crippen LogP contribution in [0.4, 0.5) is 5.69 Å². The molecule has 4 rings (SSSR count). The van der Waals surface area contributed by atoms with Crippen LogP contribution in [0.2, 0.25) is 0 Å². The summed E-state index contributed by atoms with van der Waals surface area (Å²) in [5, 5.41) is 7.26. The molecule has 1 aliphatic heterocycles. The average molecular weight is 306 g/mol. The Morgan fingerprint density at radius 1 is 1.30 bits per heavy atom. The summed E-state index contributed by atoms with van der Waals surface area (Å²) >= 11 is 0. The first-order valence-corrected chi connectivity index (χ1v) is 7.83.